The molecule has 1 aliphatic heterocycles. The molecule has 6 heteroatoms. The SMILES string of the molecule is CN=C(NC1CCC1)NC1CCN(CCOC)C1.I. The van der Waals surface area contributed by atoms with Crippen LogP contribution in [0.5, 0.6) is 0 Å². The maximum absolute atomic E-state index is 5.12. The van der Waals surface area contributed by atoms with Gasteiger partial charge in [-0.25, -0.2) is 0 Å². The maximum Gasteiger partial charge on any atom is 0.191 e. The highest BCUT2D eigenvalue weighted by molar-refractivity contribution is 14.0. The molecule has 2 aliphatic rings. The highest BCUT2D eigenvalue weighted by Gasteiger charge is 2.24. The number of likely N-dealkylation sites (tertiary alicyclic amines) is 1. The molecule has 0 radical (unpaired) electrons. The van der Waals surface area contributed by atoms with Crippen molar-refractivity contribution in [3.05, 3.63) is 0 Å². The lowest BCUT2D eigenvalue weighted by atomic mass is 9.93. The molecule has 112 valence electrons. The number of halogens is 1. The van der Waals surface area contributed by atoms with E-state index in [9.17, 15) is 0 Å². The van der Waals surface area contributed by atoms with Gasteiger partial charge in [0, 0.05) is 45.9 Å². The van der Waals surface area contributed by atoms with Crippen LogP contribution >= 0.6 is 24.0 Å². The number of ether oxygens (including phenoxy) is 1. The summed E-state index contributed by atoms with van der Waals surface area (Å²) in [6.45, 7) is 4.10. The fourth-order valence-electron chi connectivity index (χ4n) is 2.48. The molecule has 1 saturated carbocycles. The minimum absolute atomic E-state index is 0. The smallest absolute Gasteiger partial charge is 0.191 e. The molecule has 0 bridgehead atoms. The maximum atomic E-state index is 5.12. The van der Waals surface area contributed by atoms with Gasteiger partial charge in [-0.05, 0) is 25.7 Å². The molecule has 2 fully saturated rings. The molecule has 5 nitrogen and oxygen atoms in total. The fourth-order valence-corrected chi connectivity index (χ4v) is 2.48. The van der Waals surface area contributed by atoms with Crippen molar-refractivity contribution in [2.24, 2.45) is 4.99 Å². The van der Waals surface area contributed by atoms with Gasteiger partial charge in [-0.1, -0.05) is 0 Å². The predicted molar refractivity (Wildman–Crippen MR) is 89.4 cm³/mol. The van der Waals surface area contributed by atoms with Gasteiger partial charge >= 0.3 is 0 Å². The first-order chi connectivity index (χ1) is 8.81. The Morgan fingerprint density at radius 2 is 2.00 bits per heavy atom. The lowest BCUT2D eigenvalue weighted by Crippen LogP contribution is -2.50. The number of hydrogen-bond acceptors (Lipinski definition) is 3. The van der Waals surface area contributed by atoms with Crippen LogP contribution in [0.1, 0.15) is 25.7 Å². The quantitative estimate of drug-likeness (QED) is 0.424. The van der Waals surface area contributed by atoms with Gasteiger partial charge in [0.05, 0.1) is 6.61 Å². The van der Waals surface area contributed by atoms with E-state index in [1.54, 1.807) is 7.11 Å². The van der Waals surface area contributed by atoms with Gasteiger partial charge in [-0.3, -0.25) is 9.89 Å². The Bertz CT molecular complexity index is 284. The van der Waals surface area contributed by atoms with Crippen molar-refractivity contribution in [2.75, 3.05) is 40.4 Å². The average Bonchev–Trinajstić information content (AvgIpc) is 2.77. The van der Waals surface area contributed by atoms with Crippen LogP contribution in [0.25, 0.3) is 0 Å². The van der Waals surface area contributed by atoms with Crippen molar-refractivity contribution in [2.45, 2.75) is 37.8 Å². The molecule has 19 heavy (non-hydrogen) atoms. The van der Waals surface area contributed by atoms with Crippen molar-refractivity contribution < 1.29 is 4.74 Å². The largest absolute Gasteiger partial charge is 0.383 e. The van der Waals surface area contributed by atoms with Gasteiger partial charge in [0.2, 0.25) is 0 Å². The molecule has 0 aromatic carbocycles. The summed E-state index contributed by atoms with van der Waals surface area (Å²) in [6.07, 6.45) is 5.11. The van der Waals surface area contributed by atoms with Crippen LogP contribution in [0.2, 0.25) is 0 Å². The van der Waals surface area contributed by atoms with Gasteiger partial charge in [-0.2, -0.15) is 0 Å². The molecule has 0 amide bonds. The number of methoxy groups -OCH3 is 1. The van der Waals surface area contributed by atoms with E-state index in [2.05, 4.69) is 20.5 Å². The topological polar surface area (TPSA) is 48.9 Å². The number of nitrogens with zero attached hydrogens (tertiary/aromatic N) is 2. The zero-order valence-corrected chi connectivity index (χ0v) is 14.4. The van der Waals surface area contributed by atoms with Crippen LogP contribution in [0.15, 0.2) is 4.99 Å². The second kappa shape index (κ2) is 8.97. The van der Waals surface area contributed by atoms with E-state index in [1.165, 1.54) is 25.7 Å². The zero-order valence-electron chi connectivity index (χ0n) is 12.0. The van der Waals surface area contributed by atoms with Crippen LogP contribution in [0, 0.1) is 0 Å². The molecule has 2 rings (SSSR count). The fraction of sp³-hybridized carbons (Fsp3) is 0.923. The molecule has 1 heterocycles. The number of guanidine groups is 1. The summed E-state index contributed by atoms with van der Waals surface area (Å²) in [4.78, 5) is 6.75. The monoisotopic (exact) mass is 382 g/mol. The number of hydrogen-bond donors (Lipinski definition) is 2. The average molecular weight is 382 g/mol. The third-order valence-electron chi connectivity index (χ3n) is 3.89. The Hall–Kier alpha value is -0.0800. The number of aliphatic imine (C=N–C) groups is 1. The van der Waals surface area contributed by atoms with Crippen LogP contribution in [0.4, 0.5) is 0 Å². The Morgan fingerprint density at radius 1 is 1.26 bits per heavy atom. The van der Waals surface area contributed by atoms with Crippen molar-refractivity contribution >= 4 is 29.9 Å². The molecule has 1 aliphatic carbocycles. The minimum atomic E-state index is 0. The third kappa shape index (κ3) is 5.43. The van der Waals surface area contributed by atoms with Crippen molar-refractivity contribution in [3.8, 4) is 0 Å². The standard InChI is InChI=1S/C13H26N4O.HI/c1-14-13(15-11-4-3-5-11)16-12-6-7-17(10-12)8-9-18-2;/h11-12H,3-10H2,1-2H3,(H2,14,15,16);1H. The van der Waals surface area contributed by atoms with E-state index in [-0.39, 0.29) is 24.0 Å². The molecule has 1 saturated heterocycles. The summed E-state index contributed by atoms with van der Waals surface area (Å²) in [5, 5.41) is 7.01. The third-order valence-corrected chi connectivity index (χ3v) is 3.89. The van der Waals surface area contributed by atoms with E-state index in [0.717, 1.165) is 32.2 Å². The first kappa shape index (κ1) is 17.0. The normalized spacial score (nSPS) is 24.7. The molecule has 0 spiro atoms. The van der Waals surface area contributed by atoms with Gasteiger partial charge in [0.25, 0.3) is 0 Å². The van der Waals surface area contributed by atoms with E-state index < -0.39 is 0 Å². The van der Waals surface area contributed by atoms with E-state index in [4.69, 9.17) is 4.74 Å². The van der Waals surface area contributed by atoms with Crippen LogP contribution in [-0.2, 0) is 4.74 Å². The van der Waals surface area contributed by atoms with Gasteiger partial charge in [0.15, 0.2) is 5.96 Å². The predicted octanol–water partition coefficient (Wildman–Crippen LogP) is 1.04. The molecular formula is C13H27IN4O. The van der Waals surface area contributed by atoms with Crippen LogP contribution < -0.4 is 10.6 Å². The molecule has 2 N–H and O–H groups in total. The molecule has 1 atom stereocenters. The first-order valence-corrected chi connectivity index (χ1v) is 7.03. The van der Waals surface area contributed by atoms with E-state index >= 15 is 0 Å². The van der Waals surface area contributed by atoms with E-state index in [0.29, 0.717) is 12.1 Å². The Labute approximate surface area is 133 Å². The minimum Gasteiger partial charge on any atom is -0.383 e. The zero-order chi connectivity index (χ0) is 12.8. The Balaban J connectivity index is 0.00000180. The number of rotatable bonds is 5. The summed E-state index contributed by atoms with van der Waals surface area (Å²) in [6, 6.07) is 1.16. The highest BCUT2D eigenvalue weighted by atomic mass is 127. The van der Waals surface area contributed by atoms with Crippen molar-refractivity contribution in [1.82, 2.24) is 15.5 Å². The Morgan fingerprint density at radius 3 is 2.58 bits per heavy atom. The molecule has 0 aromatic heterocycles. The molecular weight excluding hydrogens is 355 g/mol. The lowest BCUT2D eigenvalue weighted by Gasteiger charge is -2.29. The van der Waals surface area contributed by atoms with Crippen LogP contribution in [-0.4, -0.2) is 63.3 Å². The second-order valence-corrected chi connectivity index (χ2v) is 5.27. The van der Waals surface area contributed by atoms with Crippen LogP contribution in [0.3, 0.4) is 0 Å². The van der Waals surface area contributed by atoms with Gasteiger partial charge < -0.3 is 15.4 Å². The summed E-state index contributed by atoms with van der Waals surface area (Å²) in [5.74, 6) is 0.971. The summed E-state index contributed by atoms with van der Waals surface area (Å²) in [7, 11) is 3.61. The van der Waals surface area contributed by atoms with Crippen molar-refractivity contribution in [3.63, 3.8) is 0 Å². The van der Waals surface area contributed by atoms with Gasteiger partial charge in [0.1, 0.15) is 0 Å². The lowest BCUT2D eigenvalue weighted by molar-refractivity contribution is 0.160. The second-order valence-electron chi connectivity index (χ2n) is 5.27. The number of nitrogens with one attached hydrogen (secondary N) is 2. The first-order valence-electron chi connectivity index (χ1n) is 7.03. The summed E-state index contributed by atoms with van der Waals surface area (Å²) >= 11 is 0. The summed E-state index contributed by atoms with van der Waals surface area (Å²) in [5.41, 5.74) is 0. The van der Waals surface area contributed by atoms with E-state index in [1.807, 2.05) is 7.05 Å². The molecule has 1 unspecified atom stereocenters. The van der Waals surface area contributed by atoms with Gasteiger partial charge in [-0.15, -0.1) is 24.0 Å². The highest BCUT2D eigenvalue weighted by Crippen LogP contribution is 2.18. The summed E-state index contributed by atoms with van der Waals surface area (Å²) < 4.78 is 5.12. The molecule has 0 aromatic rings. The van der Waals surface area contributed by atoms with Crippen molar-refractivity contribution in [1.29, 1.82) is 0 Å². The Kier molecular flexibility index (Phi) is 8.01.